The Morgan fingerprint density at radius 2 is 2.21 bits per heavy atom. The van der Waals surface area contributed by atoms with E-state index in [1.54, 1.807) is 32.0 Å². The van der Waals surface area contributed by atoms with Crippen molar-refractivity contribution >= 4 is 45.5 Å². The SMILES string of the molecule is [2H]/C(=C\C(=O)Nc1c(OCC)c([2H])c2nc([2H])c(C#N)c(Nc3c([2H])c([2H])c(F)c(Cl)c3[2H])c2c1[2H])CN(C)C. The number of carbonyl (C=O) groups is 1. The van der Waals surface area contributed by atoms with Gasteiger partial charge in [-0.2, -0.15) is 5.26 Å². The second-order valence-electron chi connectivity index (χ2n) is 6.77. The van der Waals surface area contributed by atoms with Gasteiger partial charge in [-0.15, -0.1) is 0 Å². The molecule has 0 spiro atoms. The number of ether oxygens (including phenoxy) is 1. The van der Waals surface area contributed by atoms with Gasteiger partial charge in [-0.05, 0) is 45.2 Å². The van der Waals surface area contributed by atoms with Crippen molar-refractivity contribution in [1.82, 2.24) is 9.88 Å². The monoisotopic (exact) mass is 474 g/mol. The highest BCUT2D eigenvalue weighted by molar-refractivity contribution is 6.31. The van der Waals surface area contributed by atoms with E-state index >= 15 is 0 Å². The van der Waals surface area contributed by atoms with E-state index < -0.39 is 64.4 Å². The Morgan fingerprint density at radius 1 is 1.42 bits per heavy atom. The van der Waals surface area contributed by atoms with Gasteiger partial charge in [0.25, 0.3) is 0 Å². The number of likely N-dealkylation sites (N-methyl/N-ethyl adjacent to an activating group) is 1. The van der Waals surface area contributed by atoms with Gasteiger partial charge < -0.3 is 20.3 Å². The van der Waals surface area contributed by atoms with Gasteiger partial charge in [-0.1, -0.05) is 17.7 Å². The molecule has 170 valence electrons. The number of hydrogen-bond acceptors (Lipinski definition) is 6. The summed E-state index contributed by atoms with van der Waals surface area (Å²) < 4.78 is 77.7. The van der Waals surface area contributed by atoms with Crippen LogP contribution < -0.4 is 15.4 Å². The molecule has 2 N–H and O–H groups in total. The van der Waals surface area contributed by atoms with Crippen molar-refractivity contribution in [1.29, 1.82) is 5.26 Å². The van der Waals surface area contributed by atoms with E-state index in [2.05, 4.69) is 15.6 Å². The lowest BCUT2D eigenvalue weighted by Crippen LogP contribution is -2.13. The van der Waals surface area contributed by atoms with Gasteiger partial charge in [-0.25, -0.2) is 4.39 Å². The van der Waals surface area contributed by atoms with Crippen molar-refractivity contribution in [2.45, 2.75) is 6.92 Å². The third-order valence-corrected chi connectivity index (χ3v) is 4.25. The molecule has 0 aliphatic rings. The molecule has 0 saturated carbocycles. The van der Waals surface area contributed by atoms with E-state index in [4.69, 9.17) is 25.9 Å². The minimum absolute atomic E-state index is 0.0275. The Morgan fingerprint density at radius 3 is 2.91 bits per heavy atom. The zero-order valence-electron chi connectivity index (χ0n) is 24.9. The Labute approximate surface area is 206 Å². The molecule has 0 fully saturated rings. The van der Waals surface area contributed by atoms with E-state index in [1.165, 1.54) is 0 Å². The lowest BCUT2D eigenvalue weighted by Gasteiger charge is -2.16. The molecule has 0 radical (unpaired) electrons. The predicted molar refractivity (Wildman–Crippen MR) is 129 cm³/mol. The molecule has 1 heterocycles. The van der Waals surface area contributed by atoms with E-state index in [1.807, 2.05) is 0 Å². The van der Waals surface area contributed by atoms with Crippen LogP contribution in [0.2, 0.25) is 5.02 Å². The number of hydrogen-bond donors (Lipinski definition) is 2. The van der Waals surface area contributed by atoms with Gasteiger partial charge in [0.15, 0.2) is 0 Å². The number of rotatable bonds is 8. The average Bonchev–Trinajstić information content (AvgIpc) is 2.88. The summed E-state index contributed by atoms with van der Waals surface area (Å²) in [5.74, 6) is -2.34. The molecule has 2 aromatic carbocycles. The third kappa shape index (κ3) is 5.98. The van der Waals surface area contributed by atoms with Crippen LogP contribution in [0.5, 0.6) is 5.75 Å². The lowest BCUT2D eigenvalue weighted by atomic mass is 10.1. The van der Waals surface area contributed by atoms with Gasteiger partial charge in [0.2, 0.25) is 5.91 Å². The molecule has 0 aliphatic carbocycles. The summed E-state index contributed by atoms with van der Waals surface area (Å²) in [4.78, 5) is 18.4. The first kappa shape index (κ1) is 16.0. The standard InChI is InChI=1S/C24H23ClFN5O2/c1-4-33-22-12-20-17(11-21(22)30-23(32)6-5-9-31(2)3)24(15(13-27)14-28-20)29-16-7-8-19(26)18(25)10-16/h5-8,10-12,14H,4,9H2,1-3H3,(H,28,29)(H,30,32)/b6-5+/i5D,7D,8D,10D,11D,12D,14D. The number of nitrogens with one attached hydrogen (secondary N) is 2. The van der Waals surface area contributed by atoms with E-state index in [-0.39, 0.29) is 47.2 Å². The number of pyridine rings is 1. The number of carbonyl (C=O) groups excluding carboxylic acids is 1. The summed E-state index contributed by atoms with van der Waals surface area (Å²) in [6.45, 7) is 1.79. The van der Waals surface area contributed by atoms with Crippen LogP contribution >= 0.6 is 11.6 Å². The molecule has 0 aliphatic heterocycles. The van der Waals surface area contributed by atoms with Crippen molar-refractivity contribution < 1.29 is 23.5 Å². The summed E-state index contributed by atoms with van der Waals surface area (Å²) in [5, 5.41) is 13.8. The van der Waals surface area contributed by atoms with Gasteiger partial charge in [-0.3, -0.25) is 9.78 Å². The number of benzene rings is 2. The van der Waals surface area contributed by atoms with Crippen LogP contribution in [0.25, 0.3) is 10.9 Å². The fourth-order valence-electron chi connectivity index (χ4n) is 2.61. The maximum absolute atomic E-state index is 14.2. The molecule has 3 aromatic rings. The highest BCUT2D eigenvalue weighted by atomic mass is 35.5. The fraction of sp³-hybridized carbons (Fsp3) is 0.208. The lowest BCUT2D eigenvalue weighted by molar-refractivity contribution is -0.111. The molecular weight excluding hydrogens is 445 g/mol. The number of halogens is 2. The topological polar surface area (TPSA) is 90.3 Å². The zero-order chi connectivity index (χ0) is 30.0. The highest BCUT2D eigenvalue weighted by Gasteiger charge is 2.15. The summed E-state index contributed by atoms with van der Waals surface area (Å²) >= 11 is 5.84. The summed E-state index contributed by atoms with van der Waals surface area (Å²) in [6.07, 6.45) is 0.371. The Hall–Kier alpha value is -3.67. The first-order valence-electron chi connectivity index (χ1n) is 13.1. The highest BCUT2D eigenvalue weighted by Crippen LogP contribution is 2.36. The molecule has 9 heteroatoms. The van der Waals surface area contributed by atoms with E-state index in [0.29, 0.717) is 0 Å². The molecule has 1 aromatic heterocycles. The summed E-state index contributed by atoms with van der Waals surface area (Å²) in [5.41, 5.74) is -1.86. The van der Waals surface area contributed by atoms with Gasteiger partial charge in [0.1, 0.15) is 17.6 Å². The Balaban J connectivity index is 2.38. The van der Waals surface area contributed by atoms with Gasteiger partial charge in [0, 0.05) is 35.9 Å². The summed E-state index contributed by atoms with van der Waals surface area (Å²) in [7, 11) is 3.42. The number of anilines is 3. The Bertz CT molecular complexity index is 1580. The molecule has 3 rings (SSSR count). The molecular formula is C24H23ClFN5O2. The van der Waals surface area contributed by atoms with Gasteiger partial charge in [0.05, 0.1) is 43.7 Å². The smallest absolute Gasteiger partial charge is 0.248 e. The molecule has 0 bridgehead atoms. The number of nitrogens with zero attached hydrogens (tertiary/aromatic N) is 3. The number of fused-ring (bicyclic) bond motifs is 1. The number of nitriles is 1. The molecule has 1 amide bonds. The quantitative estimate of drug-likeness (QED) is 0.441. The fourth-order valence-corrected chi connectivity index (χ4v) is 2.76. The normalized spacial score (nSPS) is 14.3. The molecule has 33 heavy (non-hydrogen) atoms. The van der Waals surface area contributed by atoms with Crippen LogP contribution in [-0.4, -0.2) is 43.0 Å². The molecule has 0 atom stereocenters. The minimum atomic E-state index is -1.29. The molecule has 0 unspecified atom stereocenters. The van der Waals surface area contributed by atoms with Crippen LogP contribution in [0.1, 0.15) is 22.1 Å². The van der Waals surface area contributed by atoms with Crippen LogP contribution in [0.15, 0.2) is 48.5 Å². The largest absolute Gasteiger partial charge is 0.492 e. The minimum Gasteiger partial charge on any atom is -0.492 e. The first-order valence-corrected chi connectivity index (χ1v) is 9.97. The van der Waals surface area contributed by atoms with Crippen molar-refractivity contribution in [3.8, 4) is 11.8 Å². The van der Waals surface area contributed by atoms with Crippen molar-refractivity contribution in [2.24, 2.45) is 0 Å². The van der Waals surface area contributed by atoms with Crippen LogP contribution in [-0.2, 0) is 4.79 Å². The van der Waals surface area contributed by atoms with Crippen molar-refractivity contribution in [3.05, 3.63) is 64.9 Å². The van der Waals surface area contributed by atoms with Crippen LogP contribution in [0, 0.1) is 17.1 Å². The maximum atomic E-state index is 14.2. The van der Waals surface area contributed by atoms with Crippen molar-refractivity contribution in [2.75, 3.05) is 37.9 Å². The first-order chi connectivity index (χ1) is 18.7. The Kier molecular flexibility index (Phi) is 5.23. The average molecular weight is 475 g/mol. The van der Waals surface area contributed by atoms with Crippen LogP contribution in [0.3, 0.4) is 0 Å². The van der Waals surface area contributed by atoms with Gasteiger partial charge >= 0.3 is 0 Å². The second kappa shape index (κ2) is 10.8. The van der Waals surface area contributed by atoms with Crippen molar-refractivity contribution in [3.63, 3.8) is 0 Å². The zero-order valence-corrected chi connectivity index (χ0v) is 18.7. The molecule has 7 nitrogen and oxygen atoms in total. The van der Waals surface area contributed by atoms with E-state index in [9.17, 15) is 14.4 Å². The second-order valence-corrected chi connectivity index (χ2v) is 7.15. The number of aromatic nitrogens is 1. The maximum Gasteiger partial charge on any atom is 0.248 e. The third-order valence-electron chi connectivity index (χ3n) is 3.99. The number of amides is 1. The van der Waals surface area contributed by atoms with E-state index in [0.717, 1.165) is 6.08 Å². The van der Waals surface area contributed by atoms with Crippen LogP contribution in [0.4, 0.5) is 21.5 Å². The predicted octanol–water partition coefficient (Wildman–Crippen LogP) is 5.10. The molecule has 0 saturated heterocycles. The summed E-state index contributed by atoms with van der Waals surface area (Å²) in [6, 6.07) is -1.65.